The number of aliphatic hydroxyl groups excluding tert-OH is 1. The summed E-state index contributed by atoms with van der Waals surface area (Å²) in [6.45, 7) is 5.84. The van der Waals surface area contributed by atoms with Gasteiger partial charge < -0.3 is 10.4 Å². The maximum absolute atomic E-state index is 11.4. The van der Waals surface area contributed by atoms with Gasteiger partial charge in [0, 0.05) is 12.0 Å². The third kappa shape index (κ3) is 2.98. The summed E-state index contributed by atoms with van der Waals surface area (Å²) in [5.74, 6) is 0.483. The van der Waals surface area contributed by atoms with Crippen LogP contribution in [0.25, 0.3) is 0 Å². The van der Waals surface area contributed by atoms with Gasteiger partial charge in [-0.05, 0) is 25.2 Å². The second kappa shape index (κ2) is 4.78. The molecule has 0 aromatic rings. The number of carbonyl (C=O) groups is 1. The second-order valence-corrected chi connectivity index (χ2v) is 4.72. The largest absolute Gasteiger partial charge is 0.393 e. The number of carbonyl (C=O) groups excluding carboxylic acids is 1. The number of hydrogen-bond donors (Lipinski definition) is 2. The van der Waals surface area contributed by atoms with Gasteiger partial charge in [0.2, 0.25) is 5.91 Å². The van der Waals surface area contributed by atoms with Crippen molar-refractivity contribution in [2.45, 2.75) is 52.2 Å². The summed E-state index contributed by atoms with van der Waals surface area (Å²) in [5.41, 5.74) is 0. The van der Waals surface area contributed by atoms with Crippen molar-refractivity contribution in [2.75, 3.05) is 0 Å². The summed E-state index contributed by atoms with van der Waals surface area (Å²) in [5, 5.41) is 12.5. The third-order valence-electron chi connectivity index (χ3n) is 2.99. The highest BCUT2D eigenvalue weighted by molar-refractivity contribution is 5.78. The van der Waals surface area contributed by atoms with Crippen LogP contribution in [0.4, 0.5) is 0 Å². The van der Waals surface area contributed by atoms with Crippen molar-refractivity contribution in [3.8, 4) is 0 Å². The van der Waals surface area contributed by atoms with Gasteiger partial charge in [-0.2, -0.15) is 0 Å². The number of aliphatic hydroxyl groups is 1. The van der Waals surface area contributed by atoms with Crippen molar-refractivity contribution in [1.29, 1.82) is 0 Å². The molecule has 0 unspecified atom stereocenters. The van der Waals surface area contributed by atoms with Gasteiger partial charge in [-0.25, -0.2) is 0 Å². The van der Waals surface area contributed by atoms with Crippen molar-refractivity contribution in [2.24, 2.45) is 11.8 Å². The number of nitrogens with one attached hydrogen (secondary N) is 1. The molecule has 14 heavy (non-hydrogen) atoms. The van der Waals surface area contributed by atoms with E-state index in [2.05, 4.69) is 5.32 Å². The van der Waals surface area contributed by atoms with Crippen LogP contribution in [-0.2, 0) is 4.79 Å². The summed E-state index contributed by atoms with van der Waals surface area (Å²) in [4.78, 5) is 11.4. The second-order valence-electron chi connectivity index (χ2n) is 4.72. The molecule has 1 aliphatic rings. The summed E-state index contributed by atoms with van der Waals surface area (Å²) < 4.78 is 0. The molecule has 0 bridgehead atoms. The Morgan fingerprint density at radius 2 is 2.07 bits per heavy atom. The van der Waals surface area contributed by atoms with Gasteiger partial charge in [-0.1, -0.05) is 20.8 Å². The molecule has 82 valence electrons. The molecule has 0 spiro atoms. The topological polar surface area (TPSA) is 49.3 Å². The zero-order valence-electron chi connectivity index (χ0n) is 9.29. The normalized spacial score (nSPS) is 33.1. The van der Waals surface area contributed by atoms with Gasteiger partial charge in [0.15, 0.2) is 0 Å². The van der Waals surface area contributed by atoms with E-state index in [1.165, 1.54) is 0 Å². The van der Waals surface area contributed by atoms with Crippen molar-refractivity contribution >= 4 is 5.91 Å². The average Bonchev–Trinajstić information content (AvgIpc) is 2.11. The molecule has 1 saturated carbocycles. The summed E-state index contributed by atoms with van der Waals surface area (Å²) in [6.07, 6.45) is 2.44. The standard InChI is InChI=1S/C11H21NO2/c1-7(2)11(14)12-9-4-5-10(13)8(3)6-9/h7-10,13H,4-6H2,1-3H3,(H,12,14)/t8-,9-,10-/m0/s1. The van der Waals surface area contributed by atoms with E-state index in [9.17, 15) is 9.90 Å². The van der Waals surface area contributed by atoms with E-state index in [4.69, 9.17) is 0 Å². The molecule has 0 aromatic carbocycles. The molecule has 2 N–H and O–H groups in total. The maximum Gasteiger partial charge on any atom is 0.222 e. The van der Waals surface area contributed by atoms with Crippen LogP contribution in [0.5, 0.6) is 0 Å². The first-order valence-corrected chi connectivity index (χ1v) is 5.49. The Bertz CT molecular complexity index is 203. The van der Waals surface area contributed by atoms with Crippen LogP contribution < -0.4 is 5.32 Å². The molecule has 1 aliphatic carbocycles. The fraction of sp³-hybridized carbons (Fsp3) is 0.909. The van der Waals surface area contributed by atoms with E-state index in [1.54, 1.807) is 0 Å². The molecule has 1 fully saturated rings. The quantitative estimate of drug-likeness (QED) is 0.704. The van der Waals surface area contributed by atoms with Crippen LogP contribution in [0.3, 0.4) is 0 Å². The molecule has 1 amide bonds. The van der Waals surface area contributed by atoms with Crippen molar-refractivity contribution in [3.63, 3.8) is 0 Å². The molecule has 0 saturated heterocycles. The minimum atomic E-state index is -0.179. The highest BCUT2D eigenvalue weighted by Crippen LogP contribution is 2.24. The predicted molar refractivity (Wildman–Crippen MR) is 55.8 cm³/mol. The smallest absolute Gasteiger partial charge is 0.222 e. The van der Waals surface area contributed by atoms with Crippen LogP contribution in [0.15, 0.2) is 0 Å². The first-order chi connectivity index (χ1) is 6.50. The Kier molecular flexibility index (Phi) is 3.93. The molecule has 3 nitrogen and oxygen atoms in total. The van der Waals surface area contributed by atoms with E-state index in [-0.39, 0.29) is 24.0 Å². The number of amides is 1. The lowest BCUT2D eigenvalue weighted by Gasteiger charge is -2.31. The van der Waals surface area contributed by atoms with Crippen LogP contribution in [0.1, 0.15) is 40.0 Å². The SMILES string of the molecule is CC(C)C(=O)N[C@H]1CC[C@H](O)[C@@H](C)C1. The van der Waals surface area contributed by atoms with Crippen molar-refractivity contribution < 1.29 is 9.90 Å². The van der Waals surface area contributed by atoms with Crippen molar-refractivity contribution in [3.05, 3.63) is 0 Å². The summed E-state index contributed by atoms with van der Waals surface area (Å²) in [7, 11) is 0. The average molecular weight is 199 g/mol. The van der Waals surface area contributed by atoms with Gasteiger partial charge in [0.1, 0.15) is 0 Å². The van der Waals surface area contributed by atoms with Gasteiger partial charge in [0.05, 0.1) is 6.10 Å². The Balaban J connectivity index is 2.37. The fourth-order valence-corrected chi connectivity index (χ4v) is 1.88. The molecule has 0 radical (unpaired) electrons. The molecular formula is C11H21NO2. The first-order valence-electron chi connectivity index (χ1n) is 5.49. The molecule has 0 heterocycles. The number of hydrogen-bond acceptors (Lipinski definition) is 2. The molecule has 0 aromatic heterocycles. The zero-order valence-corrected chi connectivity index (χ0v) is 9.29. The fourth-order valence-electron chi connectivity index (χ4n) is 1.88. The van der Waals surface area contributed by atoms with E-state index in [0.29, 0.717) is 5.92 Å². The summed E-state index contributed by atoms with van der Waals surface area (Å²) in [6, 6.07) is 0.267. The number of rotatable bonds is 2. The Morgan fingerprint density at radius 3 is 2.57 bits per heavy atom. The minimum Gasteiger partial charge on any atom is -0.393 e. The van der Waals surface area contributed by atoms with E-state index < -0.39 is 0 Å². The Hall–Kier alpha value is -0.570. The van der Waals surface area contributed by atoms with E-state index in [1.807, 2.05) is 20.8 Å². The monoisotopic (exact) mass is 199 g/mol. The van der Waals surface area contributed by atoms with Gasteiger partial charge in [-0.3, -0.25) is 4.79 Å². The highest BCUT2D eigenvalue weighted by Gasteiger charge is 2.27. The highest BCUT2D eigenvalue weighted by atomic mass is 16.3. The Labute approximate surface area is 85.9 Å². The third-order valence-corrected chi connectivity index (χ3v) is 2.99. The molecule has 0 aliphatic heterocycles. The lowest BCUT2D eigenvalue weighted by atomic mass is 9.84. The van der Waals surface area contributed by atoms with E-state index >= 15 is 0 Å². The summed E-state index contributed by atoms with van der Waals surface area (Å²) >= 11 is 0. The van der Waals surface area contributed by atoms with Crippen molar-refractivity contribution in [1.82, 2.24) is 5.32 Å². The van der Waals surface area contributed by atoms with Crippen LogP contribution >= 0.6 is 0 Å². The minimum absolute atomic E-state index is 0.0529. The molecule has 3 heteroatoms. The first kappa shape index (κ1) is 11.5. The van der Waals surface area contributed by atoms with Crippen LogP contribution in [0.2, 0.25) is 0 Å². The molecule has 3 atom stereocenters. The maximum atomic E-state index is 11.4. The zero-order chi connectivity index (χ0) is 10.7. The lowest BCUT2D eigenvalue weighted by molar-refractivity contribution is -0.125. The molecular weight excluding hydrogens is 178 g/mol. The van der Waals surface area contributed by atoms with Gasteiger partial charge in [-0.15, -0.1) is 0 Å². The van der Waals surface area contributed by atoms with Gasteiger partial charge in [0.25, 0.3) is 0 Å². The predicted octanol–water partition coefficient (Wildman–Crippen LogP) is 1.31. The Morgan fingerprint density at radius 1 is 1.43 bits per heavy atom. The van der Waals surface area contributed by atoms with Crippen LogP contribution in [0, 0.1) is 11.8 Å². The van der Waals surface area contributed by atoms with Gasteiger partial charge >= 0.3 is 0 Å². The lowest BCUT2D eigenvalue weighted by Crippen LogP contribution is -2.43. The van der Waals surface area contributed by atoms with Crippen LogP contribution in [-0.4, -0.2) is 23.2 Å². The molecule has 1 rings (SSSR count). The van der Waals surface area contributed by atoms with E-state index in [0.717, 1.165) is 19.3 Å².